The van der Waals surface area contributed by atoms with Crippen LogP contribution in [0.4, 0.5) is 10.5 Å². The molecule has 0 spiro atoms. The second-order valence-electron chi connectivity index (χ2n) is 8.47. The predicted octanol–water partition coefficient (Wildman–Crippen LogP) is 4.43. The molecular formula is C28H21ClN2O6. The van der Waals surface area contributed by atoms with E-state index in [2.05, 4.69) is 5.32 Å². The van der Waals surface area contributed by atoms with Crippen LogP contribution >= 0.6 is 11.6 Å². The number of hydrogen-bond donors (Lipinski definition) is 1. The smallest absolute Gasteiger partial charge is 0.408 e. The molecular weight excluding hydrogens is 496 g/mol. The summed E-state index contributed by atoms with van der Waals surface area (Å²) in [7, 11) is 0. The third kappa shape index (κ3) is 4.96. The van der Waals surface area contributed by atoms with E-state index in [4.69, 9.17) is 21.1 Å². The first-order valence-corrected chi connectivity index (χ1v) is 11.9. The van der Waals surface area contributed by atoms with Gasteiger partial charge in [-0.05, 0) is 36.2 Å². The van der Waals surface area contributed by atoms with Crippen molar-refractivity contribution >= 4 is 29.3 Å². The van der Waals surface area contributed by atoms with Crippen molar-refractivity contribution < 1.29 is 19.1 Å². The Labute approximate surface area is 216 Å². The number of para-hydroxylation sites is 1. The standard InChI is InChI=1S/C28H21ClN2O6/c29-18-11-12-20(22(15-18)37-19-9-5-2-6-10-19)23-24(26(33)25(23)32)31-14-13-21(27(31)34)30-28(35)36-16-17-7-3-1-4-8-17/h1-12,15,21H,13-14,16H2,(H,30,35). The van der Waals surface area contributed by atoms with Crippen LogP contribution in [0.1, 0.15) is 12.0 Å². The van der Waals surface area contributed by atoms with Crippen LogP contribution in [0.15, 0.2) is 88.5 Å². The molecule has 1 fully saturated rings. The molecule has 1 unspecified atom stereocenters. The molecule has 5 rings (SSSR count). The van der Waals surface area contributed by atoms with E-state index >= 15 is 0 Å². The van der Waals surface area contributed by atoms with Gasteiger partial charge in [-0.3, -0.25) is 14.4 Å². The minimum absolute atomic E-state index is 0.0165. The minimum Gasteiger partial charge on any atom is -0.457 e. The number of nitrogens with one attached hydrogen (secondary N) is 1. The fourth-order valence-electron chi connectivity index (χ4n) is 4.23. The van der Waals surface area contributed by atoms with Gasteiger partial charge in [-0.1, -0.05) is 60.1 Å². The maximum atomic E-state index is 13.1. The summed E-state index contributed by atoms with van der Waals surface area (Å²) in [4.78, 5) is 51.9. The Morgan fingerprint density at radius 3 is 2.38 bits per heavy atom. The fraction of sp³-hybridized carbons (Fsp3) is 0.143. The van der Waals surface area contributed by atoms with E-state index in [-0.39, 0.29) is 36.6 Å². The van der Waals surface area contributed by atoms with Crippen LogP contribution in [-0.2, 0) is 16.1 Å². The molecule has 37 heavy (non-hydrogen) atoms. The number of amides is 2. The molecule has 1 heterocycles. The number of halogens is 1. The van der Waals surface area contributed by atoms with Crippen LogP contribution in [-0.4, -0.2) is 24.6 Å². The average molecular weight is 517 g/mol. The molecule has 0 radical (unpaired) electrons. The molecule has 9 heteroatoms. The van der Waals surface area contributed by atoms with E-state index in [0.29, 0.717) is 16.3 Å². The number of rotatable bonds is 7. The molecule has 1 saturated heterocycles. The molecule has 0 aliphatic carbocycles. The van der Waals surface area contributed by atoms with E-state index in [0.717, 1.165) is 5.56 Å². The molecule has 1 aliphatic heterocycles. The first kappa shape index (κ1) is 24.3. The molecule has 8 nitrogen and oxygen atoms in total. The zero-order valence-electron chi connectivity index (χ0n) is 19.5. The Kier molecular flexibility index (Phi) is 6.74. The molecule has 0 saturated carbocycles. The van der Waals surface area contributed by atoms with E-state index in [1.165, 1.54) is 4.90 Å². The van der Waals surface area contributed by atoms with Gasteiger partial charge in [0.1, 0.15) is 29.8 Å². The lowest BCUT2D eigenvalue weighted by Crippen LogP contribution is -2.46. The predicted molar refractivity (Wildman–Crippen MR) is 139 cm³/mol. The van der Waals surface area contributed by atoms with Crippen LogP contribution in [0, 0.1) is 0 Å². The monoisotopic (exact) mass is 516 g/mol. The molecule has 0 aromatic heterocycles. The summed E-state index contributed by atoms with van der Waals surface area (Å²) >= 11 is 6.17. The van der Waals surface area contributed by atoms with Gasteiger partial charge in [-0.15, -0.1) is 0 Å². The van der Waals surface area contributed by atoms with Crippen LogP contribution in [0.3, 0.4) is 0 Å². The molecule has 2 amide bonds. The van der Waals surface area contributed by atoms with Crippen molar-refractivity contribution in [3.05, 3.63) is 110 Å². The number of carbonyl (C=O) groups excluding carboxylic acids is 2. The second-order valence-corrected chi connectivity index (χ2v) is 8.91. The number of ether oxygens (including phenoxy) is 2. The Morgan fingerprint density at radius 2 is 1.65 bits per heavy atom. The van der Waals surface area contributed by atoms with Crippen molar-refractivity contribution in [2.45, 2.75) is 19.1 Å². The van der Waals surface area contributed by atoms with Gasteiger partial charge in [0.2, 0.25) is 11.3 Å². The third-order valence-corrected chi connectivity index (χ3v) is 6.28. The quantitative estimate of drug-likeness (QED) is 0.365. The summed E-state index contributed by atoms with van der Waals surface area (Å²) in [5.41, 5.74) is -0.273. The van der Waals surface area contributed by atoms with Gasteiger partial charge in [0.15, 0.2) is 0 Å². The van der Waals surface area contributed by atoms with E-state index in [1.807, 2.05) is 36.4 Å². The number of hydrogen-bond acceptors (Lipinski definition) is 6. The molecule has 1 aliphatic rings. The van der Waals surface area contributed by atoms with Crippen molar-refractivity contribution in [2.24, 2.45) is 0 Å². The third-order valence-electron chi connectivity index (χ3n) is 6.05. The number of alkyl carbamates (subject to hydrolysis) is 1. The molecule has 4 aromatic carbocycles. The zero-order valence-corrected chi connectivity index (χ0v) is 20.2. The lowest BCUT2D eigenvalue weighted by molar-refractivity contribution is -0.118. The Hall–Kier alpha value is -4.43. The van der Waals surface area contributed by atoms with Crippen molar-refractivity contribution in [1.82, 2.24) is 5.32 Å². The van der Waals surface area contributed by atoms with Crippen LogP contribution in [0.2, 0.25) is 5.02 Å². The summed E-state index contributed by atoms with van der Waals surface area (Å²) < 4.78 is 11.2. The fourth-order valence-corrected chi connectivity index (χ4v) is 4.39. The highest BCUT2D eigenvalue weighted by molar-refractivity contribution is 6.30. The van der Waals surface area contributed by atoms with E-state index in [9.17, 15) is 19.2 Å². The highest BCUT2D eigenvalue weighted by Gasteiger charge is 2.40. The average Bonchev–Trinajstić information content (AvgIpc) is 3.26. The Balaban J connectivity index is 1.35. The minimum atomic E-state index is -0.884. The van der Waals surface area contributed by atoms with Gasteiger partial charge < -0.3 is 19.7 Å². The molecule has 4 aromatic rings. The van der Waals surface area contributed by atoms with Crippen LogP contribution < -0.4 is 25.8 Å². The van der Waals surface area contributed by atoms with Crippen molar-refractivity contribution in [2.75, 3.05) is 11.4 Å². The number of anilines is 1. The maximum absolute atomic E-state index is 13.1. The normalized spacial score (nSPS) is 15.1. The molecule has 1 N–H and O–H groups in total. The SMILES string of the molecule is O=C(NC1CCN(c2c(-c3ccc(Cl)cc3Oc3ccccc3)c(=O)c2=O)C1=O)OCc1ccccc1. The summed E-state index contributed by atoms with van der Waals surface area (Å²) in [5, 5.41) is 2.93. The van der Waals surface area contributed by atoms with Gasteiger partial charge in [0.05, 0.1) is 5.56 Å². The molecule has 1 atom stereocenters. The first-order valence-electron chi connectivity index (χ1n) is 11.6. The Bertz CT molecular complexity index is 1530. The van der Waals surface area contributed by atoms with E-state index < -0.39 is 28.9 Å². The van der Waals surface area contributed by atoms with Crippen molar-refractivity contribution in [3.8, 4) is 22.6 Å². The van der Waals surface area contributed by atoms with Gasteiger partial charge in [0, 0.05) is 23.2 Å². The lowest BCUT2D eigenvalue weighted by atomic mass is 9.96. The van der Waals surface area contributed by atoms with E-state index in [1.54, 1.807) is 42.5 Å². The summed E-state index contributed by atoms with van der Waals surface area (Å²) in [6.07, 6.45) is -0.489. The van der Waals surface area contributed by atoms with Crippen LogP contribution in [0.5, 0.6) is 11.5 Å². The summed E-state index contributed by atoms with van der Waals surface area (Å²) in [6, 6.07) is 21.9. The lowest BCUT2D eigenvalue weighted by Gasteiger charge is -2.22. The van der Waals surface area contributed by atoms with Gasteiger partial charge >= 0.3 is 6.09 Å². The zero-order chi connectivity index (χ0) is 25.9. The van der Waals surface area contributed by atoms with Gasteiger partial charge in [0.25, 0.3) is 5.43 Å². The van der Waals surface area contributed by atoms with Crippen molar-refractivity contribution in [3.63, 3.8) is 0 Å². The molecule has 0 bridgehead atoms. The highest BCUT2D eigenvalue weighted by Crippen LogP contribution is 2.39. The highest BCUT2D eigenvalue weighted by atomic mass is 35.5. The number of benzene rings is 3. The maximum Gasteiger partial charge on any atom is 0.408 e. The van der Waals surface area contributed by atoms with Gasteiger partial charge in [-0.2, -0.15) is 0 Å². The first-order chi connectivity index (χ1) is 17.9. The molecule has 186 valence electrons. The topological polar surface area (TPSA) is 102 Å². The summed E-state index contributed by atoms with van der Waals surface area (Å²) in [5.74, 6) is 0.296. The Morgan fingerprint density at radius 1 is 0.946 bits per heavy atom. The second kappa shape index (κ2) is 10.3. The van der Waals surface area contributed by atoms with Crippen LogP contribution in [0.25, 0.3) is 11.1 Å². The largest absolute Gasteiger partial charge is 0.457 e. The summed E-state index contributed by atoms with van der Waals surface area (Å²) in [6.45, 7) is 0.211. The van der Waals surface area contributed by atoms with Gasteiger partial charge in [-0.25, -0.2) is 4.79 Å². The number of nitrogens with zero attached hydrogens (tertiary/aromatic N) is 1. The van der Waals surface area contributed by atoms with Crippen molar-refractivity contribution in [1.29, 1.82) is 0 Å². The number of carbonyl (C=O) groups is 2.